The van der Waals surface area contributed by atoms with Gasteiger partial charge in [-0.2, -0.15) is 0 Å². The van der Waals surface area contributed by atoms with Crippen LogP contribution in [0.2, 0.25) is 0 Å². The molecule has 1 fully saturated rings. The van der Waals surface area contributed by atoms with Gasteiger partial charge in [0.25, 0.3) is 5.91 Å². The maximum Gasteiger partial charge on any atom is 0.255 e. The number of piperidine rings is 1. The number of rotatable bonds is 4. The van der Waals surface area contributed by atoms with Crippen molar-refractivity contribution in [2.24, 2.45) is 0 Å². The van der Waals surface area contributed by atoms with Gasteiger partial charge in [0, 0.05) is 36.3 Å². The van der Waals surface area contributed by atoms with Crippen LogP contribution in [0.1, 0.15) is 29.6 Å². The standard InChI is InChI=1S/C19H22N2O4S/c1-26(24,25)18-13-15(7-10-17(18)22)20-19(23)14-5-8-16(9-6-14)21-11-3-2-4-12-21/h5-10,13,22H,2-4,11-12H2,1H3,(H,20,23). The number of hydrogen-bond donors (Lipinski definition) is 2. The van der Waals surface area contributed by atoms with E-state index in [1.54, 1.807) is 12.1 Å². The Kier molecular flexibility index (Phi) is 5.18. The first-order chi connectivity index (χ1) is 12.3. The van der Waals surface area contributed by atoms with E-state index in [1.807, 2.05) is 12.1 Å². The maximum atomic E-state index is 12.4. The minimum absolute atomic E-state index is 0.212. The number of aromatic hydroxyl groups is 1. The zero-order valence-electron chi connectivity index (χ0n) is 14.6. The maximum absolute atomic E-state index is 12.4. The highest BCUT2D eigenvalue weighted by molar-refractivity contribution is 7.90. The summed E-state index contributed by atoms with van der Waals surface area (Å²) in [6, 6.07) is 11.4. The van der Waals surface area contributed by atoms with Crippen molar-refractivity contribution in [1.82, 2.24) is 0 Å². The lowest BCUT2D eigenvalue weighted by atomic mass is 10.1. The van der Waals surface area contributed by atoms with Crippen LogP contribution in [0.25, 0.3) is 0 Å². The van der Waals surface area contributed by atoms with E-state index in [0.29, 0.717) is 11.3 Å². The summed E-state index contributed by atoms with van der Waals surface area (Å²) in [5.41, 5.74) is 1.90. The summed E-state index contributed by atoms with van der Waals surface area (Å²) >= 11 is 0. The van der Waals surface area contributed by atoms with Gasteiger partial charge < -0.3 is 15.3 Å². The van der Waals surface area contributed by atoms with Gasteiger partial charge in [-0.3, -0.25) is 4.79 Å². The first-order valence-corrected chi connectivity index (χ1v) is 10.4. The van der Waals surface area contributed by atoms with Gasteiger partial charge in [0.05, 0.1) is 0 Å². The van der Waals surface area contributed by atoms with Gasteiger partial charge in [-0.05, 0) is 61.7 Å². The third kappa shape index (κ3) is 4.16. The van der Waals surface area contributed by atoms with Gasteiger partial charge in [0.2, 0.25) is 0 Å². The molecule has 0 radical (unpaired) electrons. The van der Waals surface area contributed by atoms with E-state index in [9.17, 15) is 18.3 Å². The first kappa shape index (κ1) is 18.3. The lowest BCUT2D eigenvalue weighted by Gasteiger charge is -2.28. The van der Waals surface area contributed by atoms with Gasteiger partial charge in [0.15, 0.2) is 9.84 Å². The molecule has 1 aliphatic rings. The van der Waals surface area contributed by atoms with Crippen LogP contribution in [0.3, 0.4) is 0 Å². The number of sulfone groups is 1. The number of carbonyl (C=O) groups excluding carboxylic acids is 1. The van der Waals surface area contributed by atoms with E-state index in [2.05, 4.69) is 10.2 Å². The SMILES string of the molecule is CS(=O)(=O)c1cc(NC(=O)c2ccc(N3CCCCC3)cc2)ccc1O. The number of carbonyl (C=O) groups is 1. The summed E-state index contributed by atoms with van der Waals surface area (Å²) in [5, 5.41) is 12.3. The third-order valence-electron chi connectivity index (χ3n) is 4.47. The fourth-order valence-electron chi connectivity index (χ4n) is 3.07. The number of phenols is 1. The van der Waals surface area contributed by atoms with Crippen LogP contribution in [0.4, 0.5) is 11.4 Å². The molecule has 0 aromatic heterocycles. The predicted molar refractivity (Wildman–Crippen MR) is 102 cm³/mol. The highest BCUT2D eigenvalue weighted by atomic mass is 32.2. The van der Waals surface area contributed by atoms with Crippen LogP contribution >= 0.6 is 0 Å². The number of amides is 1. The van der Waals surface area contributed by atoms with Crippen LogP contribution in [0.5, 0.6) is 5.75 Å². The van der Waals surface area contributed by atoms with Crippen molar-refractivity contribution in [3.8, 4) is 5.75 Å². The van der Waals surface area contributed by atoms with Crippen LogP contribution in [-0.4, -0.2) is 38.8 Å². The average Bonchev–Trinajstić information content (AvgIpc) is 2.63. The van der Waals surface area contributed by atoms with Crippen molar-refractivity contribution in [2.45, 2.75) is 24.2 Å². The van der Waals surface area contributed by atoms with Crippen molar-refractivity contribution in [3.05, 3.63) is 48.0 Å². The summed E-state index contributed by atoms with van der Waals surface area (Å²) in [7, 11) is -3.58. The Labute approximate surface area is 153 Å². The molecule has 0 unspecified atom stereocenters. The molecule has 138 valence electrons. The van der Waals surface area contributed by atoms with Crippen LogP contribution in [0, 0.1) is 0 Å². The highest BCUT2D eigenvalue weighted by Crippen LogP contribution is 2.26. The lowest BCUT2D eigenvalue weighted by Crippen LogP contribution is -2.29. The zero-order valence-corrected chi connectivity index (χ0v) is 15.4. The summed E-state index contributed by atoms with van der Waals surface area (Å²) in [5.74, 6) is -0.670. The molecule has 0 atom stereocenters. The van der Waals surface area contributed by atoms with Crippen molar-refractivity contribution >= 4 is 27.1 Å². The van der Waals surface area contributed by atoms with Crippen molar-refractivity contribution in [2.75, 3.05) is 29.6 Å². The Morgan fingerprint density at radius 2 is 1.69 bits per heavy atom. The Morgan fingerprint density at radius 3 is 2.31 bits per heavy atom. The molecule has 0 spiro atoms. The number of anilines is 2. The molecular formula is C19H22N2O4S. The molecule has 1 saturated heterocycles. The predicted octanol–water partition coefficient (Wildman–Crippen LogP) is 3.04. The van der Waals surface area contributed by atoms with Crippen molar-refractivity contribution in [3.63, 3.8) is 0 Å². The third-order valence-corrected chi connectivity index (χ3v) is 5.59. The molecule has 3 rings (SSSR count). The molecule has 1 aliphatic heterocycles. The molecule has 26 heavy (non-hydrogen) atoms. The molecule has 1 heterocycles. The molecule has 0 bridgehead atoms. The minimum atomic E-state index is -3.58. The van der Waals surface area contributed by atoms with Gasteiger partial charge in [-0.1, -0.05) is 0 Å². The lowest BCUT2D eigenvalue weighted by molar-refractivity contribution is 0.102. The largest absolute Gasteiger partial charge is 0.507 e. The number of nitrogens with zero attached hydrogens (tertiary/aromatic N) is 1. The average molecular weight is 374 g/mol. The number of nitrogens with one attached hydrogen (secondary N) is 1. The second kappa shape index (κ2) is 7.37. The minimum Gasteiger partial charge on any atom is -0.507 e. The molecule has 2 aromatic carbocycles. The molecule has 2 N–H and O–H groups in total. The topological polar surface area (TPSA) is 86.7 Å². The molecule has 0 saturated carbocycles. The van der Waals surface area contributed by atoms with E-state index in [1.165, 1.54) is 37.5 Å². The second-order valence-corrected chi connectivity index (χ2v) is 8.49. The Hall–Kier alpha value is -2.54. The number of benzene rings is 2. The molecule has 2 aromatic rings. The fourth-order valence-corrected chi connectivity index (χ4v) is 3.86. The first-order valence-electron chi connectivity index (χ1n) is 8.54. The molecule has 6 nitrogen and oxygen atoms in total. The molecule has 0 aliphatic carbocycles. The van der Waals surface area contributed by atoms with E-state index in [4.69, 9.17) is 0 Å². The van der Waals surface area contributed by atoms with Gasteiger partial charge >= 0.3 is 0 Å². The fraction of sp³-hybridized carbons (Fsp3) is 0.316. The van der Waals surface area contributed by atoms with Crippen LogP contribution < -0.4 is 10.2 Å². The molecular weight excluding hydrogens is 352 g/mol. The summed E-state index contributed by atoms with van der Waals surface area (Å²) < 4.78 is 23.3. The molecule has 1 amide bonds. The monoisotopic (exact) mass is 374 g/mol. The van der Waals surface area contributed by atoms with Crippen LogP contribution in [-0.2, 0) is 9.84 Å². The Balaban J connectivity index is 1.74. The van der Waals surface area contributed by atoms with Gasteiger partial charge in [0.1, 0.15) is 10.6 Å². The van der Waals surface area contributed by atoms with Crippen molar-refractivity contribution in [1.29, 1.82) is 0 Å². The summed E-state index contributed by atoms with van der Waals surface area (Å²) in [4.78, 5) is 14.5. The van der Waals surface area contributed by atoms with E-state index in [0.717, 1.165) is 25.0 Å². The highest BCUT2D eigenvalue weighted by Gasteiger charge is 2.16. The van der Waals surface area contributed by atoms with Crippen LogP contribution in [0.15, 0.2) is 47.4 Å². The number of phenolic OH excluding ortho intramolecular Hbond substituents is 1. The summed E-state index contributed by atoms with van der Waals surface area (Å²) in [6.07, 6.45) is 4.64. The summed E-state index contributed by atoms with van der Waals surface area (Å²) in [6.45, 7) is 2.07. The van der Waals surface area contributed by atoms with E-state index < -0.39 is 9.84 Å². The van der Waals surface area contributed by atoms with E-state index in [-0.39, 0.29) is 16.6 Å². The second-order valence-electron chi connectivity index (χ2n) is 6.50. The van der Waals surface area contributed by atoms with Crippen molar-refractivity contribution < 1.29 is 18.3 Å². The number of hydrogen-bond acceptors (Lipinski definition) is 5. The quantitative estimate of drug-likeness (QED) is 0.804. The van der Waals surface area contributed by atoms with Gasteiger partial charge in [-0.25, -0.2) is 8.42 Å². The zero-order chi connectivity index (χ0) is 18.7. The van der Waals surface area contributed by atoms with E-state index >= 15 is 0 Å². The molecule has 7 heteroatoms. The Morgan fingerprint density at radius 1 is 1.04 bits per heavy atom. The Bertz CT molecular complexity index is 902. The normalized spacial score (nSPS) is 14.9. The smallest absolute Gasteiger partial charge is 0.255 e. The van der Waals surface area contributed by atoms with Gasteiger partial charge in [-0.15, -0.1) is 0 Å².